The van der Waals surface area contributed by atoms with E-state index in [2.05, 4.69) is 9.98 Å². The number of guanidine groups is 1. The summed E-state index contributed by atoms with van der Waals surface area (Å²) in [6, 6.07) is 1.14. The van der Waals surface area contributed by atoms with Crippen LogP contribution in [0.3, 0.4) is 0 Å². The van der Waals surface area contributed by atoms with Crippen molar-refractivity contribution in [2.24, 2.45) is 9.98 Å². The Kier molecular flexibility index (Phi) is 4.96. The molecule has 1 aromatic carbocycles. The molecule has 0 fully saturated rings. The molecule has 23 heavy (non-hydrogen) atoms. The van der Waals surface area contributed by atoms with Crippen LogP contribution in [0.15, 0.2) is 36.4 Å². The van der Waals surface area contributed by atoms with Gasteiger partial charge in [-0.3, -0.25) is 0 Å². The van der Waals surface area contributed by atoms with Crippen molar-refractivity contribution in [3.63, 3.8) is 0 Å². The van der Waals surface area contributed by atoms with Crippen LogP contribution in [0.5, 0.6) is 0 Å². The molecular formula is C13H6Cl2F3IN3S-. The normalized spacial score (nSPS) is 18.0. The SMILES string of the molecule is CSC1=C[I-]N2C(=N1)N=C(Cl)C(c1c(F)cc(F)cc1F)=C2Cl. The summed E-state index contributed by atoms with van der Waals surface area (Å²) in [5, 5.41) is 0.613. The van der Waals surface area contributed by atoms with Crippen LogP contribution >= 0.6 is 35.0 Å². The number of fused-ring (bicyclic) bond motifs is 1. The predicted molar refractivity (Wildman–Crippen MR) is 83.2 cm³/mol. The van der Waals surface area contributed by atoms with Gasteiger partial charge in [0.05, 0.1) is 0 Å². The van der Waals surface area contributed by atoms with Crippen LogP contribution in [0, 0.1) is 17.5 Å². The van der Waals surface area contributed by atoms with Crippen LogP contribution in [-0.4, -0.2) is 20.5 Å². The molecule has 1 aromatic rings. The van der Waals surface area contributed by atoms with Crippen LogP contribution in [0.25, 0.3) is 5.57 Å². The van der Waals surface area contributed by atoms with E-state index in [9.17, 15) is 13.2 Å². The molecule has 10 heteroatoms. The first-order valence-corrected chi connectivity index (χ1v) is 10.2. The molecule has 2 heterocycles. The van der Waals surface area contributed by atoms with E-state index in [1.165, 1.54) is 11.8 Å². The van der Waals surface area contributed by atoms with Gasteiger partial charge in [-0.1, -0.05) is 0 Å². The number of nitrogens with zero attached hydrogens (tertiary/aromatic N) is 3. The summed E-state index contributed by atoms with van der Waals surface area (Å²) in [7, 11) is 0. The van der Waals surface area contributed by atoms with E-state index in [0.717, 1.165) is 5.03 Å². The van der Waals surface area contributed by atoms with Crippen molar-refractivity contribution in [2.45, 2.75) is 0 Å². The minimum atomic E-state index is -1.10. The van der Waals surface area contributed by atoms with Crippen LogP contribution < -0.4 is 21.5 Å². The van der Waals surface area contributed by atoms with E-state index in [1.54, 1.807) is 3.11 Å². The fourth-order valence-corrected chi connectivity index (χ4v) is 5.62. The van der Waals surface area contributed by atoms with Crippen LogP contribution in [-0.2, 0) is 0 Å². The van der Waals surface area contributed by atoms with Gasteiger partial charge in [0.25, 0.3) is 0 Å². The van der Waals surface area contributed by atoms with Crippen molar-refractivity contribution in [3.8, 4) is 0 Å². The first kappa shape index (κ1) is 17.1. The molecule has 122 valence electrons. The molecule has 0 aromatic heterocycles. The maximum absolute atomic E-state index is 14.0. The molecule has 0 saturated heterocycles. The first-order valence-electron chi connectivity index (χ1n) is 5.98. The fourth-order valence-electron chi connectivity index (χ4n) is 1.91. The molecule has 0 aliphatic carbocycles. The predicted octanol–water partition coefficient (Wildman–Crippen LogP) is 1.50. The molecule has 3 nitrogen and oxygen atoms in total. The molecular weight excluding hydrogens is 485 g/mol. The number of halogens is 6. The summed E-state index contributed by atoms with van der Waals surface area (Å²) in [5.41, 5.74) is -0.615. The third-order valence-corrected chi connectivity index (χ3v) is 7.18. The Morgan fingerprint density at radius 3 is 2.39 bits per heavy atom. The van der Waals surface area contributed by atoms with Crippen molar-refractivity contribution in [1.82, 2.24) is 3.11 Å². The standard InChI is InChI=1S/C13H6Cl2F3IN3S/c1-23-8-4-19-22-12(15)10(11(14)21-13(22)20-8)9-6(17)2-5(16)3-7(9)18/h2-4H,1H3/q-1. The van der Waals surface area contributed by atoms with E-state index in [4.69, 9.17) is 23.2 Å². The number of hydrogen-bond acceptors (Lipinski definition) is 4. The van der Waals surface area contributed by atoms with E-state index in [0.29, 0.717) is 12.1 Å². The van der Waals surface area contributed by atoms with Gasteiger partial charge in [-0.25, -0.2) is 0 Å². The molecule has 3 rings (SSSR count). The molecule has 0 N–H and O–H groups in total. The van der Waals surface area contributed by atoms with Gasteiger partial charge in [-0.15, -0.1) is 0 Å². The van der Waals surface area contributed by atoms with Gasteiger partial charge in [0.15, 0.2) is 0 Å². The third kappa shape index (κ3) is 3.13. The summed E-state index contributed by atoms with van der Waals surface area (Å²) < 4.78 is 44.7. The van der Waals surface area contributed by atoms with E-state index >= 15 is 0 Å². The van der Waals surface area contributed by atoms with Gasteiger partial charge in [-0.05, 0) is 0 Å². The van der Waals surface area contributed by atoms with Crippen LogP contribution in [0.4, 0.5) is 13.2 Å². The maximum atomic E-state index is 14.0. The Morgan fingerprint density at radius 2 is 1.78 bits per heavy atom. The van der Waals surface area contributed by atoms with Crippen molar-refractivity contribution >= 4 is 51.7 Å². The van der Waals surface area contributed by atoms with Gasteiger partial charge in [0.2, 0.25) is 0 Å². The number of rotatable bonds is 2. The summed E-state index contributed by atoms with van der Waals surface area (Å²) in [6.45, 7) is 0. The fraction of sp³-hybridized carbons (Fsp3) is 0.0769. The van der Waals surface area contributed by atoms with Crippen LogP contribution in [0.1, 0.15) is 5.56 Å². The Hall–Kier alpha value is -0.710. The zero-order valence-electron chi connectivity index (χ0n) is 11.2. The third-order valence-electron chi connectivity index (χ3n) is 2.87. The van der Waals surface area contributed by atoms with Gasteiger partial charge in [-0.2, -0.15) is 0 Å². The van der Waals surface area contributed by atoms with E-state index in [1.807, 2.05) is 10.3 Å². The number of allylic oxidation sites excluding steroid dienone is 1. The Labute approximate surface area is 154 Å². The molecule has 0 unspecified atom stereocenters. The quantitative estimate of drug-likeness (QED) is 0.357. The second-order valence-corrected chi connectivity index (χ2v) is 7.94. The number of benzene rings is 1. The molecule has 0 saturated carbocycles. The molecule has 0 amide bonds. The zero-order chi connectivity index (χ0) is 16.7. The van der Waals surface area contributed by atoms with Crippen molar-refractivity contribution in [1.29, 1.82) is 0 Å². The molecule has 0 atom stereocenters. The molecule has 0 radical (unpaired) electrons. The van der Waals surface area contributed by atoms with Crippen molar-refractivity contribution in [2.75, 3.05) is 6.26 Å². The Balaban J connectivity index is 2.14. The molecule has 2 aliphatic heterocycles. The second-order valence-electron chi connectivity index (χ2n) is 4.25. The monoisotopic (exact) mass is 490 g/mol. The molecule has 0 bridgehead atoms. The first-order chi connectivity index (χ1) is 10.9. The van der Waals surface area contributed by atoms with E-state index < -0.39 is 44.5 Å². The van der Waals surface area contributed by atoms with Crippen molar-refractivity contribution in [3.05, 3.63) is 49.4 Å². The Morgan fingerprint density at radius 1 is 1.13 bits per heavy atom. The topological polar surface area (TPSA) is 28.0 Å². The number of hydrogen-bond donors (Lipinski definition) is 0. The zero-order valence-corrected chi connectivity index (χ0v) is 15.7. The number of aliphatic imine (C=N–C) groups is 2. The van der Waals surface area contributed by atoms with Gasteiger partial charge in [0.1, 0.15) is 0 Å². The summed E-state index contributed by atoms with van der Waals surface area (Å²) in [6.07, 6.45) is 1.87. The van der Waals surface area contributed by atoms with Gasteiger partial charge >= 0.3 is 155 Å². The summed E-state index contributed by atoms with van der Waals surface area (Å²) >= 11 is 13.0. The van der Waals surface area contributed by atoms with Crippen LogP contribution in [0.2, 0.25) is 0 Å². The molecule has 0 spiro atoms. The second kappa shape index (κ2) is 6.66. The number of thioether (sulfide) groups is 1. The average Bonchev–Trinajstić information content (AvgIpc) is 2.48. The van der Waals surface area contributed by atoms with Gasteiger partial charge in [0, 0.05) is 0 Å². The average molecular weight is 491 g/mol. The van der Waals surface area contributed by atoms with Gasteiger partial charge < -0.3 is 0 Å². The van der Waals surface area contributed by atoms with E-state index in [-0.39, 0.29) is 21.9 Å². The minimum absolute atomic E-state index is 0.0253. The molecule has 2 aliphatic rings. The summed E-state index contributed by atoms with van der Waals surface area (Å²) in [5.74, 6) is -2.93. The van der Waals surface area contributed by atoms with Crippen molar-refractivity contribution < 1.29 is 34.7 Å². The Bertz CT molecular complexity index is 800. The summed E-state index contributed by atoms with van der Waals surface area (Å²) in [4.78, 5) is 8.34.